The van der Waals surface area contributed by atoms with E-state index >= 15 is 0 Å². The predicted molar refractivity (Wildman–Crippen MR) is 94.3 cm³/mol. The maximum absolute atomic E-state index is 12.6. The normalized spacial score (nSPS) is 14.8. The molecule has 7 heteroatoms. The molecule has 0 aromatic heterocycles. The van der Waals surface area contributed by atoms with Crippen molar-refractivity contribution in [1.82, 2.24) is 4.90 Å². The van der Waals surface area contributed by atoms with E-state index in [0.29, 0.717) is 19.6 Å². The van der Waals surface area contributed by atoms with Crippen molar-refractivity contribution < 1.29 is 9.72 Å². The van der Waals surface area contributed by atoms with Crippen LogP contribution >= 0.6 is 11.8 Å². The number of hydrogen-bond acceptors (Lipinski definition) is 5. The summed E-state index contributed by atoms with van der Waals surface area (Å²) >= 11 is 1.74. The highest BCUT2D eigenvalue weighted by Gasteiger charge is 2.27. The van der Waals surface area contributed by atoms with Crippen molar-refractivity contribution in [1.29, 1.82) is 0 Å². The zero-order valence-corrected chi connectivity index (χ0v) is 14.6. The number of anilines is 1. The lowest BCUT2D eigenvalue weighted by Crippen LogP contribution is -2.29. The van der Waals surface area contributed by atoms with Crippen LogP contribution < -0.4 is 5.32 Å². The lowest BCUT2D eigenvalue weighted by molar-refractivity contribution is -0.385. The molecule has 1 amide bonds. The largest absolute Gasteiger partial charge is 0.384 e. The third-order valence-corrected chi connectivity index (χ3v) is 5.34. The van der Waals surface area contributed by atoms with Gasteiger partial charge in [0.1, 0.15) is 5.56 Å². The van der Waals surface area contributed by atoms with Crippen LogP contribution in [0.15, 0.2) is 18.2 Å². The second-order valence-corrected chi connectivity index (χ2v) is 7.82. The summed E-state index contributed by atoms with van der Waals surface area (Å²) in [7, 11) is 0. The van der Waals surface area contributed by atoms with Gasteiger partial charge in [-0.2, -0.15) is 11.8 Å². The van der Waals surface area contributed by atoms with E-state index in [1.807, 2.05) is 6.26 Å². The molecule has 0 aliphatic carbocycles. The van der Waals surface area contributed by atoms with Gasteiger partial charge in [-0.25, -0.2) is 0 Å². The Bertz CT molecular complexity index is 598. The van der Waals surface area contributed by atoms with Gasteiger partial charge in [-0.1, -0.05) is 0 Å². The molecule has 1 aromatic carbocycles. The lowest BCUT2D eigenvalue weighted by atomic mass is 10.1. The van der Waals surface area contributed by atoms with E-state index in [9.17, 15) is 14.9 Å². The minimum absolute atomic E-state index is 0.0426. The van der Waals surface area contributed by atoms with Crippen molar-refractivity contribution in [3.8, 4) is 0 Å². The third kappa shape index (κ3) is 4.37. The highest BCUT2D eigenvalue weighted by atomic mass is 32.2. The number of carbonyl (C=O) groups excluding carboxylic acids is 1. The Labute approximate surface area is 140 Å². The van der Waals surface area contributed by atoms with Crippen LogP contribution in [0, 0.1) is 10.1 Å². The van der Waals surface area contributed by atoms with Crippen LogP contribution in [-0.4, -0.2) is 46.4 Å². The molecule has 1 N–H and O–H groups in total. The molecule has 0 saturated carbocycles. The van der Waals surface area contributed by atoms with Gasteiger partial charge in [0.25, 0.3) is 11.6 Å². The first-order valence-corrected chi connectivity index (χ1v) is 8.93. The average molecular weight is 337 g/mol. The van der Waals surface area contributed by atoms with Crippen molar-refractivity contribution >= 4 is 29.0 Å². The van der Waals surface area contributed by atoms with Crippen LogP contribution in [0.3, 0.4) is 0 Å². The molecule has 6 nitrogen and oxygen atoms in total. The number of amides is 1. The van der Waals surface area contributed by atoms with Crippen LogP contribution in [0.25, 0.3) is 0 Å². The molecule has 0 unspecified atom stereocenters. The van der Waals surface area contributed by atoms with Gasteiger partial charge in [-0.3, -0.25) is 14.9 Å². The highest BCUT2D eigenvalue weighted by molar-refractivity contribution is 7.99. The van der Waals surface area contributed by atoms with E-state index in [4.69, 9.17) is 0 Å². The first kappa shape index (κ1) is 17.6. The number of nitrogens with zero attached hydrogens (tertiary/aromatic N) is 2. The molecule has 0 bridgehead atoms. The molecule has 1 saturated heterocycles. The van der Waals surface area contributed by atoms with Crippen LogP contribution in [0.1, 0.15) is 37.0 Å². The summed E-state index contributed by atoms with van der Waals surface area (Å²) in [5.41, 5.74) is 0.778. The monoisotopic (exact) mass is 337 g/mol. The molecular weight excluding hydrogens is 314 g/mol. The number of nitro groups is 1. The van der Waals surface area contributed by atoms with Crippen molar-refractivity contribution in [2.45, 2.75) is 31.4 Å². The lowest BCUT2D eigenvalue weighted by Gasteiger charge is -2.23. The average Bonchev–Trinajstić information content (AvgIpc) is 3.06. The molecule has 0 radical (unpaired) electrons. The van der Waals surface area contributed by atoms with Crippen molar-refractivity contribution in [3.05, 3.63) is 33.9 Å². The van der Waals surface area contributed by atoms with Crippen molar-refractivity contribution in [2.75, 3.05) is 31.2 Å². The second kappa shape index (κ2) is 7.21. The number of rotatable bonds is 6. The molecule has 1 fully saturated rings. The second-order valence-electron chi connectivity index (χ2n) is 6.31. The molecule has 23 heavy (non-hydrogen) atoms. The number of carbonyl (C=O) groups is 1. The highest BCUT2D eigenvalue weighted by Crippen LogP contribution is 2.27. The summed E-state index contributed by atoms with van der Waals surface area (Å²) in [4.78, 5) is 25.0. The first-order chi connectivity index (χ1) is 10.8. The summed E-state index contributed by atoms with van der Waals surface area (Å²) in [6.07, 6.45) is 3.96. The Morgan fingerprint density at radius 3 is 2.61 bits per heavy atom. The van der Waals surface area contributed by atoms with E-state index in [1.54, 1.807) is 28.8 Å². The van der Waals surface area contributed by atoms with Crippen molar-refractivity contribution in [2.24, 2.45) is 0 Å². The fraction of sp³-hybridized carbons (Fsp3) is 0.562. The quantitative estimate of drug-likeness (QED) is 0.636. The van der Waals surface area contributed by atoms with E-state index < -0.39 is 4.92 Å². The van der Waals surface area contributed by atoms with E-state index in [0.717, 1.165) is 18.5 Å². The fourth-order valence-electron chi connectivity index (χ4n) is 2.45. The maximum atomic E-state index is 12.6. The molecule has 0 atom stereocenters. The van der Waals surface area contributed by atoms with Crippen LogP contribution in [0.2, 0.25) is 0 Å². The number of nitrogens with one attached hydrogen (secondary N) is 1. The number of benzene rings is 1. The van der Waals surface area contributed by atoms with Gasteiger partial charge in [0.15, 0.2) is 0 Å². The smallest absolute Gasteiger partial charge is 0.282 e. The Morgan fingerprint density at radius 1 is 1.39 bits per heavy atom. The standard InChI is InChI=1S/C16H23N3O3S/c1-16(2,23-3)11-17-12-6-7-14(19(21)22)13(10-12)15(20)18-8-4-5-9-18/h6-7,10,17H,4-5,8-9,11H2,1-3H3. The van der Waals surface area contributed by atoms with Gasteiger partial charge < -0.3 is 10.2 Å². The van der Waals surface area contributed by atoms with Crippen LogP contribution in [0.4, 0.5) is 11.4 Å². The Hall–Kier alpha value is -1.76. The molecule has 126 valence electrons. The van der Waals surface area contributed by atoms with E-state index in [1.165, 1.54) is 6.07 Å². The van der Waals surface area contributed by atoms with Gasteiger partial charge in [-0.15, -0.1) is 0 Å². The summed E-state index contributed by atoms with van der Waals surface area (Å²) < 4.78 is 0.0426. The maximum Gasteiger partial charge on any atom is 0.282 e. The zero-order chi connectivity index (χ0) is 17.0. The third-order valence-electron chi connectivity index (χ3n) is 4.09. The molecule has 1 aromatic rings. The van der Waals surface area contributed by atoms with Gasteiger partial charge in [0, 0.05) is 36.1 Å². The summed E-state index contributed by atoms with van der Waals surface area (Å²) in [5, 5.41) is 14.5. The molecular formula is C16H23N3O3S. The van der Waals surface area contributed by atoms with Gasteiger partial charge in [-0.05, 0) is 45.1 Å². The summed E-state index contributed by atoms with van der Waals surface area (Å²) in [6, 6.07) is 4.68. The number of thioether (sulfide) groups is 1. The first-order valence-electron chi connectivity index (χ1n) is 7.71. The minimum atomic E-state index is -0.487. The molecule has 0 spiro atoms. The predicted octanol–water partition coefficient (Wildman–Crippen LogP) is 3.38. The fourth-order valence-corrected chi connectivity index (χ4v) is 2.67. The Morgan fingerprint density at radius 2 is 2.04 bits per heavy atom. The Kier molecular flexibility index (Phi) is 5.51. The summed E-state index contributed by atoms with van der Waals surface area (Å²) in [5.74, 6) is -0.248. The summed E-state index contributed by atoms with van der Waals surface area (Å²) in [6.45, 7) is 6.29. The SMILES string of the molecule is CSC(C)(C)CNc1ccc([N+](=O)[O-])c(C(=O)N2CCCC2)c1. The van der Waals surface area contributed by atoms with Gasteiger partial charge in [0.05, 0.1) is 4.92 Å². The van der Waals surface area contributed by atoms with Gasteiger partial charge in [0.2, 0.25) is 0 Å². The van der Waals surface area contributed by atoms with Crippen LogP contribution in [0.5, 0.6) is 0 Å². The van der Waals surface area contributed by atoms with Crippen LogP contribution in [-0.2, 0) is 0 Å². The van der Waals surface area contributed by atoms with E-state index in [-0.39, 0.29) is 21.9 Å². The van der Waals surface area contributed by atoms with E-state index in [2.05, 4.69) is 19.2 Å². The van der Waals surface area contributed by atoms with Gasteiger partial charge >= 0.3 is 0 Å². The molecule has 2 rings (SSSR count). The zero-order valence-electron chi connectivity index (χ0n) is 13.8. The molecule has 1 aliphatic rings. The van der Waals surface area contributed by atoms with Crippen molar-refractivity contribution in [3.63, 3.8) is 0 Å². The number of hydrogen-bond donors (Lipinski definition) is 1. The number of likely N-dealkylation sites (tertiary alicyclic amines) is 1. The Balaban J connectivity index is 2.25. The molecule has 1 heterocycles. The molecule has 1 aliphatic heterocycles. The minimum Gasteiger partial charge on any atom is -0.384 e. The topological polar surface area (TPSA) is 75.5 Å². The number of nitro benzene ring substituents is 1.